The van der Waals surface area contributed by atoms with Crippen molar-refractivity contribution >= 4 is 21.8 Å². The summed E-state index contributed by atoms with van der Waals surface area (Å²) in [6.45, 7) is 0.0517. The monoisotopic (exact) mass is 356 g/mol. The summed E-state index contributed by atoms with van der Waals surface area (Å²) < 4.78 is 32.2. The average Bonchev–Trinajstić information content (AvgIpc) is 2.46. The maximum atomic E-state index is 13.2. The van der Waals surface area contributed by atoms with E-state index in [4.69, 9.17) is 15.7 Å². The van der Waals surface area contributed by atoms with Gasteiger partial charge in [-0.3, -0.25) is 0 Å². The van der Waals surface area contributed by atoms with E-state index >= 15 is 0 Å². The number of ether oxygens (including phenoxy) is 1. The highest BCUT2D eigenvalue weighted by molar-refractivity contribution is 9.10. The molecule has 0 aliphatic rings. The number of benzene rings is 2. The second kappa shape index (κ2) is 6.53. The van der Waals surface area contributed by atoms with Crippen molar-refractivity contribution in [1.82, 2.24) is 0 Å². The van der Waals surface area contributed by atoms with Crippen molar-refractivity contribution in [1.29, 1.82) is 0 Å². The highest BCUT2D eigenvalue weighted by Crippen LogP contribution is 2.26. The van der Waals surface area contributed by atoms with Crippen LogP contribution >= 0.6 is 15.9 Å². The molecule has 0 saturated carbocycles. The molecule has 0 saturated heterocycles. The van der Waals surface area contributed by atoms with Crippen LogP contribution in [0.15, 0.2) is 46.0 Å². The molecule has 0 fully saturated rings. The summed E-state index contributed by atoms with van der Waals surface area (Å²) in [7, 11) is 0. The Morgan fingerprint density at radius 2 is 1.86 bits per heavy atom. The molecule has 3 N–H and O–H groups in total. The molecule has 0 atom stereocenters. The Balaban J connectivity index is 2.24. The third-order valence-corrected chi connectivity index (χ3v) is 3.35. The molecule has 0 aromatic heterocycles. The van der Waals surface area contributed by atoms with Crippen LogP contribution in [0.5, 0.6) is 5.75 Å². The number of nitrogens with zero attached hydrogens (tertiary/aromatic N) is 1. The molecule has 21 heavy (non-hydrogen) atoms. The van der Waals surface area contributed by atoms with E-state index in [2.05, 4.69) is 21.1 Å². The van der Waals surface area contributed by atoms with Gasteiger partial charge in [0.2, 0.25) is 0 Å². The van der Waals surface area contributed by atoms with E-state index < -0.39 is 11.6 Å². The predicted octanol–water partition coefficient (Wildman–Crippen LogP) is 3.40. The van der Waals surface area contributed by atoms with E-state index in [1.807, 2.05) is 0 Å². The molecule has 2 aromatic carbocycles. The molecule has 0 radical (unpaired) electrons. The summed E-state index contributed by atoms with van der Waals surface area (Å²) >= 11 is 3.18. The maximum Gasteiger partial charge on any atom is 0.170 e. The van der Waals surface area contributed by atoms with Crippen LogP contribution in [0.1, 0.15) is 11.1 Å². The smallest absolute Gasteiger partial charge is 0.170 e. The third-order valence-electron chi connectivity index (χ3n) is 2.73. The Kier molecular flexibility index (Phi) is 4.74. The molecule has 0 heterocycles. The van der Waals surface area contributed by atoms with Crippen molar-refractivity contribution in [2.24, 2.45) is 10.9 Å². The van der Waals surface area contributed by atoms with E-state index in [1.54, 1.807) is 0 Å². The Labute approximate surface area is 128 Å². The number of hydrogen-bond donors (Lipinski definition) is 2. The van der Waals surface area contributed by atoms with Crippen molar-refractivity contribution in [3.05, 3.63) is 63.6 Å². The van der Waals surface area contributed by atoms with Gasteiger partial charge in [-0.15, -0.1) is 0 Å². The van der Waals surface area contributed by atoms with Crippen LogP contribution in [0.3, 0.4) is 0 Å². The zero-order valence-electron chi connectivity index (χ0n) is 10.7. The lowest BCUT2D eigenvalue weighted by Crippen LogP contribution is -2.17. The summed E-state index contributed by atoms with van der Waals surface area (Å²) in [5, 5.41) is 11.6. The Morgan fingerprint density at radius 3 is 2.52 bits per heavy atom. The first-order valence-electron chi connectivity index (χ1n) is 5.85. The molecule has 0 amide bonds. The van der Waals surface area contributed by atoms with E-state index in [1.165, 1.54) is 30.3 Å². The predicted molar refractivity (Wildman–Crippen MR) is 77.3 cm³/mol. The molecule has 110 valence electrons. The van der Waals surface area contributed by atoms with Crippen LogP contribution in [0.2, 0.25) is 0 Å². The van der Waals surface area contributed by atoms with Gasteiger partial charge in [0.05, 0.1) is 4.47 Å². The molecule has 4 nitrogen and oxygen atoms in total. The van der Waals surface area contributed by atoms with E-state index in [0.29, 0.717) is 15.8 Å². The number of amidine groups is 1. The van der Waals surface area contributed by atoms with E-state index in [9.17, 15) is 8.78 Å². The average molecular weight is 357 g/mol. The van der Waals surface area contributed by atoms with Gasteiger partial charge in [-0.25, -0.2) is 8.78 Å². The van der Waals surface area contributed by atoms with E-state index in [-0.39, 0.29) is 18.0 Å². The molecule has 0 spiro atoms. The van der Waals surface area contributed by atoms with Crippen molar-refractivity contribution in [2.75, 3.05) is 0 Å². The topological polar surface area (TPSA) is 67.8 Å². The summed E-state index contributed by atoms with van der Waals surface area (Å²) in [5.74, 6) is -0.700. The van der Waals surface area contributed by atoms with Crippen molar-refractivity contribution in [3.8, 4) is 5.75 Å². The SMILES string of the molecule is NC(=NO)c1cc(F)ccc1COc1ccc(F)cc1Br. The van der Waals surface area contributed by atoms with Gasteiger partial charge in [0, 0.05) is 11.1 Å². The number of oxime groups is 1. The van der Waals surface area contributed by atoms with Crippen molar-refractivity contribution in [3.63, 3.8) is 0 Å². The zero-order chi connectivity index (χ0) is 15.4. The Hall–Kier alpha value is -2.15. The summed E-state index contributed by atoms with van der Waals surface area (Å²) in [5.41, 5.74) is 6.26. The lowest BCUT2D eigenvalue weighted by Gasteiger charge is -2.11. The largest absolute Gasteiger partial charge is 0.488 e. The second-order valence-electron chi connectivity index (χ2n) is 4.15. The summed E-state index contributed by atoms with van der Waals surface area (Å²) in [6.07, 6.45) is 0. The number of nitrogens with two attached hydrogens (primary N) is 1. The molecule has 0 aliphatic heterocycles. The fourth-order valence-electron chi connectivity index (χ4n) is 1.71. The maximum absolute atomic E-state index is 13.2. The van der Waals surface area contributed by atoms with Crippen LogP contribution in [0.4, 0.5) is 8.78 Å². The second-order valence-corrected chi connectivity index (χ2v) is 5.00. The van der Waals surface area contributed by atoms with E-state index in [0.717, 1.165) is 6.07 Å². The minimum absolute atomic E-state index is 0.0517. The minimum atomic E-state index is -0.511. The summed E-state index contributed by atoms with van der Waals surface area (Å²) in [6, 6.07) is 7.85. The molecular weight excluding hydrogens is 346 g/mol. The van der Waals surface area contributed by atoms with Gasteiger partial charge in [0.15, 0.2) is 5.84 Å². The Bertz CT molecular complexity index is 693. The first-order chi connectivity index (χ1) is 10.0. The number of hydrogen-bond acceptors (Lipinski definition) is 3. The quantitative estimate of drug-likeness (QED) is 0.381. The zero-order valence-corrected chi connectivity index (χ0v) is 12.3. The molecule has 7 heteroatoms. The van der Waals surface area contributed by atoms with Gasteiger partial charge in [-0.2, -0.15) is 0 Å². The number of rotatable bonds is 4. The van der Waals surface area contributed by atoms with Gasteiger partial charge in [0.25, 0.3) is 0 Å². The standard InChI is InChI=1S/C14H11BrF2N2O2/c15-12-6-10(17)3-4-13(12)21-7-8-1-2-9(16)5-11(8)14(18)19-20/h1-6,20H,7H2,(H2,18,19). The van der Waals surface area contributed by atoms with Crippen LogP contribution < -0.4 is 10.5 Å². The number of halogens is 3. The van der Waals surface area contributed by atoms with Gasteiger partial charge in [-0.1, -0.05) is 11.2 Å². The van der Waals surface area contributed by atoms with Crippen molar-refractivity contribution < 1.29 is 18.7 Å². The summed E-state index contributed by atoms with van der Waals surface area (Å²) in [4.78, 5) is 0. The van der Waals surface area contributed by atoms with Crippen molar-refractivity contribution in [2.45, 2.75) is 6.61 Å². The Morgan fingerprint density at radius 1 is 1.19 bits per heavy atom. The first kappa shape index (κ1) is 15.2. The molecule has 0 unspecified atom stereocenters. The molecule has 0 aliphatic carbocycles. The normalized spacial score (nSPS) is 11.5. The van der Waals surface area contributed by atoms with Crippen LogP contribution in [0.25, 0.3) is 0 Å². The van der Waals surface area contributed by atoms with Crippen LogP contribution in [-0.2, 0) is 6.61 Å². The lowest BCUT2D eigenvalue weighted by molar-refractivity contribution is 0.302. The fourth-order valence-corrected chi connectivity index (χ4v) is 2.18. The fraction of sp³-hybridized carbons (Fsp3) is 0.0714. The van der Waals surface area contributed by atoms with Crippen LogP contribution in [-0.4, -0.2) is 11.0 Å². The molecule has 2 rings (SSSR count). The molecule has 0 bridgehead atoms. The minimum Gasteiger partial charge on any atom is -0.488 e. The van der Waals surface area contributed by atoms with Crippen LogP contribution in [0, 0.1) is 11.6 Å². The molecule has 2 aromatic rings. The molecular formula is C14H11BrF2N2O2. The highest BCUT2D eigenvalue weighted by atomic mass is 79.9. The van der Waals surface area contributed by atoms with Gasteiger partial charge < -0.3 is 15.7 Å². The highest BCUT2D eigenvalue weighted by Gasteiger charge is 2.10. The van der Waals surface area contributed by atoms with Gasteiger partial charge in [0.1, 0.15) is 24.0 Å². The van der Waals surface area contributed by atoms with Gasteiger partial charge in [-0.05, 0) is 46.3 Å². The third kappa shape index (κ3) is 3.69. The lowest BCUT2D eigenvalue weighted by atomic mass is 10.1. The van der Waals surface area contributed by atoms with Gasteiger partial charge >= 0.3 is 0 Å². The first-order valence-corrected chi connectivity index (χ1v) is 6.64.